The fourth-order valence-corrected chi connectivity index (χ4v) is 4.13. The second kappa shape index (κ2) is 8.78. The van der Waals surface area contributed by atoms with E-state index in [1.54, 1.807) is 0 Å². The first-order valence-corrected chi connectivity index (χ1v) is 10.6. The minimum Gasteiger partial charge on any atom is -0.490 e. The molecule has 30 heavy (non-hydrogen) atoms. The van der Waals surface area contributed by atoms with Crippen LogP contribution in [0, 0.1) is 5.92 Å². The zero-order chi connectivity index (χ0) is 21.1. The fraction of sp³-hybridized carbons (Fsp3) is 0.417. The van der Waals surface area contributed by atoms with Crippen molar-refractivity contribution in [2.45, 2.75) is 39.2 Å². The van der Waals surface area contributed by atoms with Crippen molar-refractivity contribution in [1.82, 2.24) is 5.32 Å². The van der Waals surface area contributed by atoms with E-state index in [9.17, 15) is 9.59 Å². The van der Waals surface area contributed by atoms with Crippen LogP contribution in [-0.4, -0.2) is 31.6 Å². The highest BCUT2D eigenvalue weighted by molar-refractivity contribution is 5.95. The number of nitrogens with zero attached hydrogens (tertiary/aromatic N) is 1. The topological polar surface area (TPSA) is 67.9 Å². The van der Waals surface area contributed by atoms with Gasteiger partial charge in [-0.3, -0.25) is 9.59 Å². The number of anilines is 1. The van der Waals surface area contributed by atoms with Crippen LogP contribution < -0.4 is 19.7 Å². The Labute approximate surface area is 177 Å². The molecule has 2 aliphatic heterocycles. The summed E-state index contributed by atoms with van der Waals surface area (Å²) in [5.74, 6) is 1.36. The Bertz CT molecular complexity index is 943. The lowest BCUT2D eigenvalue weighted by Gasteiger charge is -2.27. The molecular formula is C24H28N2O4. The van der Waals surface area contributed by atoms with Crippen molar-refractivity contribution in [2.75, 3.05) is 24.7 Å². The maximum atomic E-state index is 12.9. The highest BCUT2D eigenvalue weighted by Crippen LogP contribution is 2.36. The van der Waals surface area contributed by atoms with E-state index in [0.29, 0.717) is 26.1 Å². The largest absolute Gasteiger partial charge is 0.490 e. The average Bonchev–Trinajstić information content (AvgIpc) is 3.19. The molecule has 0 aromatic heterocycles. The Morgan fingerprint density at radius 3 is 2.90 bits per heavy atom. The first-order valence-electron chi connectivity index (χ1n) is 10.6. The lowest BCUT2D eigenvalue weighted by molar-refractivity contribution is -0.127. The van der Waals surface area contributed by atoms with Crippen molar-refractivity contribution in [3.05, 3.63) is 53.6 Å². The normalized spacial score (nSPS) is 19.1. The number of hydrogen-bond donors (Lipinski definition) is 1. The molecule has 2 aliphatic rings. The second-order valence-corrected chi connectivity index (χ2v) is 7.86. The summed E-state index contributed by atoms with van der Waals surface area (Å²) in [5, 5.41) is 3.11. The van der Waals surface area contributed by atoms with Gasteiger partial charge in [0.15, 0.2) is 11.5 Å². The van der Waals surface area contributed by atoms with Gasteiger partial charge in [-0.15, -0.1) is 0 Å². The van der Waals surface area contributed by atoms with Gasteiger partial charge in [0, 0.05) is 18.7 Å². The third-order valence-corrected chi connectivity index (χ3v) is 5.74. The summed E-state index contributed by atoms with van der Waals surface area (Å²) in [6.07, 6.45) is 2.12. The predicted octanol–water partition coefficient (Wildman–Crippen LogP) is 3.64. The zero-order valence-electron chi connectivity index (χ0n) is 17.5. The number of carbonyl (C=O) groups excluding carboxylic acids is 2. The monoisotopic (exact) mass is 408 g/mol. The van der Waals surface area contributed by atoms with Gasteiger partial charge in [-0.1, -0.05) is 24.3 Å². The van der Waals surface area contributed by atoms with Crippen molar-refractivity contribution in [3.63, 3.8) is 0 Å². The third kappa shape index (κ3) is 4.13. The summed E-state index contributed by atoms with van der Waals surface area (Å²) in [6, 6.07) is 13.5. The number of para-hydroxylation sites is 1. The quantitative estimate of drug-likeness (QED) is 0.792. The number of benzene rings is 2. The van der Waals surface area contributed by atoms with Gasteiger partial charge in [0.25, 0.3) is 0 Å². The Hall–Kier alpha value is -3.02. The van der Waals surface area contributed by atoms with Crippen LogP contribution in [0.3, 0.4) is 0 Å². The SMILES string of the molecule is CCOc1cccc2c1OCC(C(=O)NC(C)c1cccc(N3CCCC3=O)c1)C2. The molecule has 2 heterocycles. The highest BCUT2D eigenvalue weighted by atomic mass is 16.5. The second-order valence-electron chi connectivity index (χ2n) is 7.86. The number of amides is 2. The minimum atomic E-state index is -0.250. The van der Waals surface area contributed by atoms with E-state index < -0.39 is 0 Å². The molecule has 4 rings (SSSR count). The van der Waals surface area contributed by atoms with Crippen LogP contribution in [0.25, 0.3) is 0 Å². The van der Waals surface area contributed by atoms with Crippen molar-refractivity contribution in [1.29, 1.82) is 0 Å². The molecule has 2 aromatic carbocycles. The van der Waals surface area contributed by atoms with Gasteiger partial charge >= 0.3 is 0 Å². The summed E-state index contributed by atoms with van der Waals surface area (Å²) in [5.41, 5.74) is 2.88. The molecule has 0 radical (unpaired) electrons. The number of hydrogen-bond acceptors (Lipinski definition) is 4. The first-order chi connectivity index (χ1) is 14.6. The van der Waals surface area contributed by atoms with Gasteiger partial charge in [-0.05, 0) is 56.0 Å². The van der Waals surface area contributed by atoms with E-state index in [2.05, 4.69) is 5.32 Å². The van der Waals surface area contributed by atoms with Crippen LogP contribution in [0.2, 0.25) is 0 Å². The summed E-state index contributed by atoms with van der Waals surface area (Å²) < 4.78 is 11.5. The summed E-state index contributed by atoms with van der Waals surface area (Å²) in [4.78, 5) is 26.8. The molecule has 2 amide bonds. The van der Waals surface area contributed by atoms with E-state index in [1.807, 2.05) is 61.2 Å². The smallest absolute Gasteiger partial charge is 0.227 e. The van der Waals surface area contributed by atoms with Gasteiger partial charge in [0.1, 0.15) is 6.61 Å². The Morgan fingerprint density at radius 2 is 2.13 bits per heavy atom. The minimum absolute atomic E-state index is 0.0300. The van der Waals surface area contributed by atoms with E-state index in [-0.39, 0.29) is 23.8 Å². The molecular weight excluding hydrogens is 380 g/mol. The molecule has 0 aliphatic carbocycles. The van der Waals surface area contributed by atoms with Crippen molar-refractivity contribution >= 4 is 17.5 Å². The average molecular weight is 408 g/mol. The molecule has 2 aromatic rings. The maximum Gasteiger partial charge on any atom is 0.227 e. The van der Waals surface area contributed by atoms with Crippen molar-refractivity contribution in [2.24, 2.45) is 5.92 Å². The van der Waals surface area contributed by atoms with Crippen LogP contribution in [0.4, 0.5) is 5.69 Å². The predicted molar refractivity (Wildman–Crippen MR) is 115 cm³/mol. The van der Waals surface area contributed by atoms with Gasteiger partial charge in [-0.25, -0.2) is 0 Å². The van der Waals surface area contributed by atoms with Gasteiger partial charge < -0.3 is 19.7 Å². The Morgan fingerprint density at radius 1 is 1.30 bits per heavy atom. The van der Waals surface area contributed by atoms with Crippen molar-refractivity contribution in [3.8, 4) is 11.5 Å². The highest BCUT2D eigenvalue weighted by Gasteiger charge is 2.29. The molecule has 0 bridgehead atoms. The first kappa shape index (κ1) is 20.3. The van der Waals surface area contributed by atoms with Gasteiger partial charge in [-0.2, -0.15) is 0 Å². The molecule has 2 unspecified atom stereocenters. The standard InChI is InChI=1S/C24H28N2O4/c1-3-29-21-10-5-8-18-13-19(15-30-23(18)21)24(28)25-16(2)17-7-4-9-20(14-17)26-12-6-11-22(26)27/h4-5,7-10,14,16,19H,3,6,11-13,15H2,1-2H3,(H,25,28). The summed E-state index contributed by atoms with van der Waals surface area (Å²) >= 11 is 0. The Balaban J connectivity index is 1.42. The van der Waals surface area contributed by atoms with Gasteiger partial charge in [0.05, 0.1) is 18.6 Å². The molecule has 1 fully saturated rings. The number of nitrogens with one attached hydrogen (secondary N) is 1. The molecule has 1 N–H and O–H groups in total. The summed E-state index contributed by atoms with van der Waals surface area (Å²) in [6.45, 7) is 5.56. The molecule has 1 saturated heterocycles. The fourth-order valence-electron chi connectivity index (χ4n) is 4.13. The summed E-state index contributed by atoms with van der Waals surface area (Å²) in [7, 11) is 0. The Kier molecular flexibility index (Phi) is 5.93. The lowest BCUT2D eigenvalue weighted by atomic mass is 9.95. The molecule has 158 valence electrons. The van der Waals surface area contributed by atoms with Gasteiger partial charge in [0.2, 0.25) is 11.8 Å². The lowest BCUT2D eigenvalue weighted by Crippen LogP contribution is -2.38. The van der Waals surface area contributed by atoms with Crippen LogP contribution in [0.1, 0.15) is 43.9 Å². The molecule has 0 saturated carbocycles. The van der Waals surface area contributed by atoms with Crippen molar-refractivity contribution < 1.29 is 19.1 Å². The number of fused-ring (bicyclic) bond motifs is 1. The van der Waals surface area contributed by atoms with E-state index >= 15 is 0 Å². The third-order valence-electron chi connectivity index (χ3n) is 5.74. The van der Waals surface area contributed by atoms with Crippen LogP contribution in [-0.2, 0) is 16.0 Å². The molecule has 6 heteroatoms. The number of ether oxygens (including phenoxy) is 2. The zero-order valence-corrected chi connectivity index (χ0v) is 17.5. The molecule has 2 atom stereocenters. The van der Waals surface area contributed by atoms with E-state index in [0.717, 1.165) is 41.3 Å². The van der Waals surface area contributed by atoms with Crippen LogP contribution >= 0.6 is 0 Å². The maximum absolute atomic E-state index is 12.9. The number of carbonyl (C=O) groups is 2. The number of rotatable bonds is 6. The van der Waals surface area contributed by atoms with E-state index in [4.69, 9.17) is 9.47 Å². The van der Waals surface area contributed by atoms with E-state index in [1.165, 1.54) is 0 Å². The van der Waals surface area contributed by atoms with Crippen LogP contribution in [0.5, 0.6) is 11.5 Å². The van der Waals surface area contributed by atoms with Crippen LogP contribution in [0.15, 0.2) is 42.5 Å². The molecule has 6 nitrogen and oxygen atoms in total. The molecule has 0 spiro atoms.